The van der Waals surface area contributed by atoms with Crippen LogP contribution in [0.15, 0.2) is 72.9 Å². The minimum atomic E-state index is -0.194. The van der Waals surface area contributed by atoms with Crippen LogP contribution in [0.4, 0.5) is 11.5 Å². The zero-order valence-electron chi connectivity index (χ0n) is 15.6. The Hall–Kier alpha value is -3.34. The smallest absolute Gasteiger partial charge is 0.255 e. The number of pyridine rings is 1. The minimum absolute atomic E-state index is 0.194. The van der Waals surface area contributed by atoms with Gasteiger partial charge in [-0.05, 0) is 42.8 Å². The summed E-state index contributed by atoms with van der Waals surface area (Å²) in [7, 11) is 1.58. The van der Waals surface area contributed by atoms with Gasteiger partial charge in [0.25, 0.3) is 5.91 Å². The average molecular weight is 361 g/mol. The van der Waals surface area contributed by atoms with E-state index in [9.17, 15) is 4.79 Å². The van der Waals surface area contributed by atoms with E-state index >= 15 is 0 Å². The number of hydrogen-bond acceptors (Lipinski definition) is 4. The second kappa shape index (κ2) is 8.85. The first-order valence-corrected chi connectivity index (χ1v) is 8.90. The number of methoxy groups -OCH3 is 1. The van der Waals surface area contributed by atoms with E-state index in [1.807, 2.05) is 30.3 Å². The second-order valence-corrected chi connectivity index (χ2v) is 6.09. The third kappa shape index (κ3) is 4.85. The van der Waals surface area contributed by atoms with Gasteiger partial charge in [-0.3, -0.25) is 4.79 Å². The molecule has 3 aromatic rings. The van der Waals surface area contributed by atoms with Crippen molar-refractivity contribution in [3.05, 3.63) is 84.1 Å². The van der Waals surface area contributed by atoms with Crippen molar-refractivity contribution in [2.45, 2.75) is 13.5 Å². The molecule has 0 aliphatic rings. The van der Waals surface area contributed by atoms with Crippen molar-refractivity contribution in [3.8, 4) is 5.75 Å². The lowest BCUT2D eigenvalue weighted by atomic mass is 10.2. The second-order valence-electron chi connectivity index (χ2n) is 6.09. The summed E-state index contributed by atoms with van der Waals surface area (Å²) in [6, 6.07) is 21.1. The van der Waals surface area contributed by atoms with Crippen LogP contribution in [0.25, 0.3) is 0 Å². The van der Waals surface area contributed by atoms with E-state index in [-0.39, 0.29) is 5.91 Å². The van der Waals surface area contributed by atoms with E-state index in [0.717, 1.165) is 18.9 Å². The van der Waals surface area contributed by atoms with Crippen LogP contribution in [0.5, 0.6) is 5.75 Å². The number of anilines is 2. The quantitative estimate of drug-likeness (QED) is 0.679. The Labute approximate surface area is 159 Å². The number of nitrogens with zero attached hydrogens (tertiary/aromatic N) is 2. The molecule has 0 fully saturated rings. The molecule has 1 N–H and O–H groups in total. The molecule has 0 radical (unpaired) electrons. The predicted molar refractivity (Wildman–Crippen MR) is 108 cm³/mol. The van der Waals surface area contributed by atoms with Gasteiger partial charge in [-0.1, -0.05) is 36.4 Å². The van der Waals surface area contributed by atoms with Gasteiger partial charge in [-0.2, -0.15) is 0 Å². The van der Waals surface area contributed by atoms with Crippen LogP contribution in [0.1, 0.15) is 22.8 Å². The van der Waals surface area contributed by atoms with Gasteiger partial charge in [-0.25, -0.2) is 4.98 Å². The molecule has 1 heterocycles. The standard InChI is InChI=1S/C22H23N3O2/c1-3-25(16-17-8-5-4-6-9-17)21-13-12-19(15-23-21)24-22(26)18-10-7-11-20(14-18)27-2/h4-15H,3,16H2,1-2H3,(H,24,26). The van der Waals surface area contributed by atoms with Crippen molar-refractivity contribution in [1.82, 2.24) is 4.98 Å². The first-order valence-electron chi connectivity index (χ1n) is 8.90. The van der Waals surface area contributed by atoms with Crippen molar-refractivity contribution >= 4 is 17.4 Å². The summed E-state index contributed by atoms with van der Waals surface area (Å²) in [6.07, 6.45) is 1.68. The molecule has 0 spiro atoms. The van der Waals surface area contributed by atoms with Crippen LogP contribution in [0.3, 0.4) is 0 Å². The van der Waals surface area contributed by atoms with Gasteiger partial charge in [0.15, 0.2) is 0 Å². The van der Waals surface area contributed by atoms with Gasteiger partial charge in [0.05, 0.1) is 19.0 Å². The number of amides is 1. The zero-order valence-corrected chi connectivity index (χ0v) is 15.6. The Bertz CT molecular complexity index is 880. The molecule has 5 nitrogen and oxygen atoms in total. The van der Waals surface area contributed by atoms with E-state index < -0.39 is 0 Å². The Kier molecular flexibility index (Phi) is 6.05. The SMILES string of the molecule is CCN(Cc1ccccc1)c1ccc(NC(=O)c2cccc(OC)c2)cn1. The van der Waals surface area contributed by atoms with Crippen LogP contribution in [-0.2, 0) is 6.54 Å². The Morgan fingerprint density at radius 3 is 2.56 bits per heavy atom. The van der Waals surface area contributed by atoms with Crippen molar-refractivity contribution < 1.29 is 9.53 Å². The number of hydrogen-bond donors (Lipinski definition) is 1. The van der Waals surface area contributed by atoms with Gasteiger partial charge in [0, 0.05) is 18.7 Å². The lowest BCUT2D eigenvalue weighted by Crippen LogP contribution is -2.23. The first-order chi connectivity index (χ1) is 13.2. The molecular weight excluding hydrogens is 338 g/mol. The summed E-state index contributed by atoms with van der Waals surface area (Å²) in [5, 5.41) is 2.87. The van der Waals surface area contributed by atoms with Gasteiger partial charge in [0.2, 0.25) is 0 Å². The van der Waals surface area contributed by atoms with Crippen LogP contribution in [0, 0.1) is 0 Å². The summed E-state index contributed by atoms with van der Waals surface area (Å²) in [4.78, 5) is 19.1. The van der Waals surface area contributed by atoms with E-state index in [4.69, 9.17) is 4.74 Å². The highest BCUT2D eigenvalue weighted by atomic mass is 16.5. The Balaban J connectivity index is 1.67. The third-order valence-corrected chi connectivity index (χ3v) is 4.26. The molecule has 5 heteroatoms. The van der Waals surface area contributed by atoms with Crippen molar-refractivity contribution in [1.29, 1.82) is 0 Å². The van der Waals surface area contributed by atoms with Crippen LogP contribution in [-0.4, -0.2) is 24.5 Å². The highest BCUT2D eigenvalue weighted by Gasteiger charge is 2.10. The number of carbonyl (C=O) groups is 1. The van der Waals surface area contributed by atoms with Crippen molar-refractivity contribution in [2.24, 2.45) is 0 Å². The molecule has 1 amide bonds. The molecule has 0 aliphatic carbocycles. The molecule has 2 aromatic carbocycles. The van der Waals surface area contributed by atoms with Gasteiger partial charge >= 0.3 is 0 Å². The zero-order chi connectivity index (χ0) is 19.1. The van der Waals surface area contributed by atoms with Crippen LogP contribution >= 0.6 is 0 Å². The maximum Gasteiger partial charge on any atom is 0.255 e. The molecule has 1 aromatic heterocycles. The maximum atomic E-state index is 12.4. The predicted octanol–water partition coefficient (Wildman–Crippen LogP) is 4.37. The monoisotopic (exact) mass is 361 g/mol. The molecule has 0 saturated heterocycles. The summed E-state index contributed by atoms with van der Waals surface area (Å²) in [6.45, 7) is 3.74. The maximum absolute atomic E-state index is 12.4. The van der Waals surface area contributed by atoms with Crippen LogP contribution < -0.4 is 15.0 Å². The fourth-order valence-corrected chi connectivity index (χ4v) is 2.77. The first kappa shape index (κ1) is 18.5. The molecule has 27 heavy (non-hydrogen) atoms. The number of rotatable bonds is 7. The summed E-state index contributed by atoms with van der Waals surface area (Å²) in [5.74, 6) is 1.33. The topological polar surface area (TPSA) is 54.5 Å². The Morgan fingerprint density at radius 2 is 1.89 bits per heavy atom. The highest BCUT2D eigenvalue weighted by molar-refractivity contribution is 6.04. The van der Waals surface area contributed by atoms with Gasteiger partial charge in [0.1, 0.15) is 11.6 Å². The summed E-state index contributed by atoms with van der Waals surface area (Å²) < 4.78 is 5.16. The number of ether oxygens (including phenoxy) is 1. The number of nitrogens with one attached hydrogen (secondary N) is 1. The molecule has 0 aliphatic heterocycles. The fourth-order valence-electron chi connectivity index (χ4n) is 2.77. The lowest BCUT2D eigenvalue weighted by molar-refractivity contribution is 0.102. The Morgan fingerprint density at radius 1 is 1.07 bits per heavy atom. The average Bonchev–Trinajstić information content (AvgIpc) is 2.73. The van der Waals surface area contributed by atoms with Gasteiger partial charge < -0.3 is 15.0 Å². The highest BCUT2D eigenvalue weighted by Crippen LogP contribution is 2.18. The van der Waals surface area contributed by atoms with Crippen LogP contribution in [0.2, 0.25) is 0 Å². The number of carbonyl (C=O) groups excluding carboxylic acids is 1. The number of benzene rings is 2. The molecule has 0 unspecified atom stereocenters. The minimum Gasteiger partial charge on any atom is -0.497 e. The molecule has 138 valence electrons. The van der Waals surface area contributed by atoms with Gasteiger partial charge in [-0.15, -0.1) is 0 Å². The van der Waals surface area contributed by atoms with E-state index in [1.54, 1.807) is 37.6 Å². The number of aromatic nitrogens is 1. The van der Waals surface area contributed by atoms with Crippen molar-refractivity contribution in [3.63, 3.8) is 0 Å². The largest absolute Gasteiger partial charge is 0.497 e. The lowest BCUT2D eigenvalue weighted by Gasteiger charge is -2.22. The molecule has 3 rings (SSSR count). The molecule has 0 atom stereocenters. The molecule has 0 saturated carbocycles. The van der Waals surface area contributed by atoms with E-state index in [1.165, 1.54) is 5.56 Å². The van der Waals surface area contributed by atoms with E-state index in [0.29, 0.717) is 17.0 Å². The third-order valence-electron chi connectivity index (χ3n) is 4.26. The van der Waals surface area contributed by atoms with E-state index in [2.05, 4.69) is 34.3 Å². The fraction of sp³-hybridized carbons (Fsp3) is 0.182. The summed E-state index contributed by atoms with van der Waals surface area (Å²) in [5.41, 5.74) is 2.43. The van der Waals surface area contributed by atoms with Crippen molar-refractivity contribution in [2.75, 3.05) is 23.9 Å². The molecular formula is C22H23N3O2. The normalized spacial score (nSPS) is 10.3. The summed E-state index contributed by atoms with van der Waals surface area (Å²) >= 11 is 0. The molecule has 0 bridgehead atoms.